The van der Waals surface area contributed by atoms with Gasteiger partial charge in [0.1, 0.15) is 6.10 Å². The van der Waals surface area contributed by atoms with E-state index in [4.69, 9.17) is 4.74 Å². The molecule has 9 heteroatoms. The Balaban J connectivity index is 0.945. The van der Waals surface area contributed by atoms with E-state index in [1.54, 1.807) is 6.92 Å². The van der Waals surface area contributed by atoms with E-state index in [1.807, 2.05) is 59.5 Å². The highest BCUT2D eigenvalue weighted by Crippen LogP contribution is 2.28. The van der Waals surface area contributed by atoms with Gasteiger partial charge in [0, 0.05) is 77.8 Å². The summed E-state index contributed by atoms with van der Waals surface area (Å²) in [7, 11) is 0. The maximum atomic E-state index is 12.7. The first-order chi connectivity index (χ1) is 22.4. The number of nitrogens with one attached hydrogen (secondary N) is 2. The summed E-state index contributed by atoms with van der Waals surface area (Å²) in [4.78, 5) is 43.5. The van der Waals surface area contributed by atoms with E-state index in [1.165, 1.54) is 5.56 Å². The van der Waals surface area contributed by atoms with Gasteiger partial charge in [-0.15, -0.1) is 0 Å². The van der Waals surface area contributed by atoms with Crippen LogP contribution in [-0.2, 0) is 27.3 Å². The number of carbonyl (C=O) groups is 3. The predicted molar refractivity (Wildman–Crippen MR) is 181 cm³/mol. The molecule has 0 saturated carbocycles. The number of nitrogens with zero attached hydrogens (tertiary/aromatic N) is 3. The number of anilines is 1. The Hall–Kier alpha value is -4.21. The van der Waals surface area contributed by atoms with Gasteiger partial charge in [0.15, 0.2) is 0 Å². The number of carbonyl (C=O) groups excluding carboxylic acids is 3. The third-order valence-corrected chi connectivity index (χ3v) is 8.91. The Morgan fingerprint density at radius 2 is 1.50 bits per heavy atom. The zero-order chi connectivity index (χ0) is 32.1. The molecule has 0 aromatic heterocycles. The van der Waals surface area contributed by atoms with Crippen molar-refractivity contribution in [3.05, 3.63) is 90.0 Å². The Bertz CT molecular complexity index is 1420. The number of piperidine rings is 1. The second kappa shape index (κ2) is 16.9. The molecule has 2 aliphatic rings. The normalized spacial score (nSPS) is 16.4. The number of likely N-dealkylation sites (tertiary alicyclic amines) is 1. The van der Waals surface area contributed by atoms with Crippen LogP contribution < -0.4 is 10.6 Å². The third-order valence-electron chi connectivity index (χ3n) is 8.91. The number of ether oxygens (including phenoxy) is 1. The smallest absolute Gasteiger partial charge is 0.411 e. The zero-order valence-corrected chi connectivity index (χ0v) is 27.0. The number of benzene rings is 3. The molecule has 0 aliphatic carbocycles. The summed E-state index contributed by atoms with van der Waals surface area (Å²) in [5.41, 5.74) is 5.14. The van der Waals surface area contributed by atoms with E-state index in [0.717, 1.165) is 94.0 Å². The van der Waals surface area contributed by atoms with Gasteiger partial charge in [-0.3, -0.25) is 19.8 Å². The topological polar surface area (TPSA) is 94.2 Å². The molecule has 5 rings (SSSR count). The van der Waals surface area contributed by atoms with Crippen molar-refractivity contribution >= 4 is 23.6 Å². The summed E-state index contributed by atoms with van der Waals surface area (Å²) in [5, 5.41) is 5.99. The minimum absolute atomic E-state index is 0.0642. The van der Waals surface area contributed by atoms with Crippen molar-refractivity contribution < 1.29 is 19.1 Å². The average Bonchev–Trinajstić information content (AvgIpc) is 3.32. The Labute approximate surface area is 272 Å². The molecule has 0 atom stereocenters. The van der Waals surface area contributed by atoms with Crippen LogP contribution in [0, 0.1) is 0 Å². The van der Waals surface area contributed by atoms with E-state index >= 15 is 0 Å². The van der Waals surface area contributed by atoms with Crippen molar-refractivity contribution in [2.45, 2.75) is 51.7 Å². The number of hydrogen-bond donors (Lipinski definition) is 2. The Kier molecular flexibility index (Phi) is 12.2. The van der Waals surface area contributed by atoms with Gasteiger partial charge in [-0.25, -0.2) is 4.79 Å². The van der Waals surface area contributed by atoms with Crippen LogP contribution in [0.2, 0.25) is 0 Å². The zero-order valence-electron chi connectivity index (χ0n) is 27.0. The molecule has 2 N–H and O–H groups in total. The summed E-state index contributed by atoms with van der Waals surface area (Å²) < 4.78 is 5.75. The van der Waals surface area contributed by atoms with Gasteiger partial charge in [-0.1, -0.05) is 72.8 Å². The summed E-state index contributed by atoms with van der Waals surface area (Å²) in [6.45, 7) is 9.10. The summed E-state index contributed by atoms with van der Waals surface area (Å²) >= 11 is 0. The highest BCUT2D eigenvalue weighted by Gasteiger charge is 2.23. The molecule has 9 nitrogen and oxygen atoms in total. The maximum Gasteiger partial charge on any atom is 0.411 e. The van der Waals surface area contributed by atoms with Crippen LogP contribution in [0.15, 0.2) is 78.9 Å². The van der Waals surface area contributed by atoms with E-state index < -0.39 is 6.09 Å². The molecule has 2 fully saturated rings. The molecule has 3 aromatic rings. The van der Waals surface area contributed by atoms with Crippen LogP contribution in [0.3, 0.4) is 0 Å². The van der Waals surface area contributed by atoms with Crippen LogP contribution in [0.4, 0.5) is 10.5 Å². The van der Waals surface area contributed by atoms with Crippen molar-refractivity contribution in [3.63, 3.8) is 0 Å². The molecule has 0 bridgehead atoms. The summed E-state index contributed by atoms with van der Waals surface area (Å²) in [5.74, 6) is 0.222. The molecule has 2 heterocycles. The second-order valence-corrected chi connectivity index (χ2v) is 12.3. The lowest BCUT2D eigenvalue weighted by Crippen LogP contribution is -2.42. The Morgan fingerprint density at radius 1 is 0.783 bits per heavy atom. The van der Waals surface area contributed by atoms with E-state index in [-0.39, 0.29) is 17.9 Å². The number of rotatable bonds is 11. The van der Waals surface area contributed by atoms with Gasteiger partial charge in [-0.2, -0.15) is 0 Å². The highest BCUT2D eigenvalue weighted by atomic mass is 16.6. The lowest BCUT2D eigenvalue weighted by atomic mass is 10.0. The Morgan fingerprint density at radius 3 is 2.26 bits per heavy atom. The van der Waals surface area contributed by atoms with Gasteiger partial charge < -0.3 is 19.9 Å². The van der Waals surface area contributed by atoms with Crippen molar-refractivity contribution in [3.8, 4) is 11.1 Å². The molecule has 0 spiro atoms. The summed E-state index contributed by atoms with van der Waals surface area (Å²) in [6.07, 6.45) is 3.17. The lowest BCUT2D eigenvalue weighted by Gasteiger charge is -2.31. The predicted octanol–water partition coefficient (Wildman–Crippen LogP) is 5.17. The van der Waals surface area contributed by atoms with Gasteiger partial charge in [0.05, 0.1) is 5.69 Å². The van der Waals surface area contributed by atoms with Crippen LogP contribution in [-0.4, -0.2) is 91.1 Å². The van der Waals surface area contributed by atoms with Crippen LogP contribution in [0.1, 0.15) is 43.7 Å². The minimum atomic E-state index is -0.427. The molecule has 0 unspecified atom stereocenters. The summed E-state index contributed by atoms with van der Waals surface area (Å²) in [6, 6.07) is 26.3. The molecule has 0 radical (unpaired) electrons. The van der Waals surface area contributed by atoms with Crippen LogP contribution in [0.5, 0.6) is 0 Å². The van der Waals surface area contributed by atoms with E-state index in [2.05, 4.69) is 44.7 Å². The molecule has 3 aromatic carbocycles. The first kappa shape index (κ1) is 33.2. The van der Waals surface area contributed by atoms with Crippen LogP contribution >= 0.6 is 0 Å². The molecule has 2 aliphatic heterocycles. The average molecular weight is 626 g/mol. The molecule has 46 heavy (non-hydrogen) atoms. The van der Waals surface area contributed by atoms with Crippen molar-refractivity contribution in [2.24, 2.45) is 0 Å². The molecule has 2 saturated heterocycles. The minimum Gasteiger partial charge on any atom is -0.446 e. The van der Waals surface area contributed by atoms with Crippen LogP contribution in [0.25, 0.3) is 11.1 Å². The largest absolute Gasteiger partial charge is 0.446 e. The van der Waals surface area contributed by atoms with Gasteiger partial charge in [-0.05, 0) is 48.4 Å². The van der Waals surface area contributed by atoms with Gasteiger partial charge in [0.25, 0.3) is 0 Å². The molecular formula is C37H47N5O4. The molecule has 3 amide bonds. The van der Waals surface area contributed by atoms with E-state index in [9.17, 15) is 14.4 Å². The standard InChI is InChI=1S/C37H47N5O4/c1-29(43)42-22-7-21-41(26-27-42)28-31-14-12-30(13-15-31)16-17-36(44)38-20-25-40-23-18-33(19-24-40)46-37(45)39-35-11-6-5-10-34(35)32-8-3-2-4-9-32/h2-6,8-15,33H,7,16-28H2,1H3,(H,38,44)(H,39,45). The number of amides is 3. The number of para-hydroxylation sites is 1. The van der Waals surface area contributed by atoms with Gasteiger partial charge >= 0.3 is 6.09 Å². The first-order valence-electron chi connectivity index (χ1n) is 16.6. The monoisotopic (exact) mass is 625 g/mol. The molecule has 244 valence electrons. The van der Waals surface area contributed by atoms with Crippen molar-refractivity contribution in [1.82, 2.24) is 20.0 Å². The third kappa shape index (κ3) is 10.2. The number of hydrogen-bond acceptors (Lipinski definition) is 6. The fraction of sp³-hybridized carbons (Fsp3) is 0.432. The second-order valence-electron chi connectivity index (χ2n) is 12.3. The quantitative estimate of drug-likeness (QED) is 0.306. The highest BCUT2D eigenvalue weighted by molar-refractivity contribution is 5.91. The fourth-order valence-electron chi connectivity index (χ4n) is 6.22. The first-order valence-corrected chi connectivity index (χ1v) is 16.6. The van der Waals surface area contributed by atoms with Crippen molar-refractivity contribution in [1.29, 1.82) is 0 Å². The maximum absolute atomic E-state index is 12.7. The van der Waals surface area contributed by atoms with Crippen molar-refractivity contribution in [2.75, 3.05) is 57.7 Å². The fourth-order valence-corrected chi connectivity index (χ4v) is 6.22. The molecular weight excluding hydrogens is 578 g/mol. The number of aryl methyl sites for hydroxylation is 1. The van der Waals surface area contributed by atoms with Gasteiger partial charge in [0.2, 0.25) is 11.8 Å². The SMILES string of the molecule is CC(=O)N1CCCN(Cc2ccc(CCC(=O)NCCN3CCC(OC(=O)Nc4ccccc4-c4ccccc4)CC3)cc2)CC1. The van der Waals surface area contributed by atoms with E-state index in [0.29, 0.717) is 19.4 Å². The lowest BCUT2D eigenvalue weighted by molar-refractivity contribution is -0.128.